The molecule has 1 heterocycles. The van der Waals surface area contributed by atoms with Crippen molar-refractivity contribution in [1.82, 2.24) is 14.1 Å². The molecule has 172 valence electrons. The fourth-order valence-electron chi connectivity index (χ4n) is 3.88. The molecule has 1 aliphatic rings. The van der Waals surface area contributed by atoms with Gasteiger partial charge in [-0.1, -0.05) is 26.0 Å². The third kappa shape index (κ3) is 6.17. The number of rotatable bonds is 9. The number of sulfonamides is 1. The van der Waals surface area contributed by atoms with Gasteiger partial charge in [-0.05, 0) is 50.5 Å². The first kappa shape index (κ1) is 25.1. The Morgan fingerprint density at radius 1 is 0.968 bits per heavy atom. The zero-order valence-corrected chi connectivity index (χ0v) is 19.9. The lowest BCUT2D eigenvalue weighted by Crippen LogP contribution is -2.44. The van der Waals surface area contributed by atoms with E-state index in [0.717, 1.165) is 5.56 Å². The smallest absolute Gasteiger partial charge is 0.246 e. The lowest BCUT2D eigenvalue weighted by atomic mass is 9.95. The van der Waals surface area contributed by atoms with Crippen molar-refractivity contribution in [3.05, 3.63) is 35.9 Å². The third-order valence-electron chi connectivity index (χ3n) is 5.87. The summed E-state index contributed by atoms with van der Waals surface area (Å²) >= 11 is 0. The molecule has 0 spiro atoms. The summed E-state index contributed by atoms with van der Waals surface area (Å²) in [5, 5.41) is 0. The van der Waals surface area contributed by atoms with Crippen LogP contribution in [0.4, 0.5) is 0 Å². The molecule has 1 aromatic rings. The van der Waals surface area contributed by atoms with E-state index in [1.807, 2.05) is 32.6 Å². The molecular weight excluding hydrogens is 414 g/mol. The Morgan fingerprint density at radius 3 is 2.00 bits per heavy atom. The van der Waals surface area contributed by atoms with Gasteiger partial charge in [0.05, 0.1) is 4.90 Å². The summed E-state index contributed by atoms with van der Waals surface area (Å²) < 4.78 is 26.5. The predicted molar refractivity (Wildman–Crippen MR) is 123 cm³/mol. The number of carbonyl (C=O) groups is 2. The zero-order chi connectivity index (χ0) is 23.0. The minimum Gasteiger partial charge on any atom is -0.343 e. The first-order chi connectivity index (χ1) is 14.8. The minimum absolute atomic E-state index is 0.00627. The molecule has 2 amide bonds. The van der Waals surface area contributed by atoms with Crippen LogP contribution < -0.4 is 0 Å². The average Bonchev–Trinajstić information content (AvgIpc) is 2.79. The first-order valence-corrected chi connectivity index (χ1v) is 12.6. The van der Waals surface area contributed by atoms with Gasteiger partial charge in [0.2, 0.25) is 21.8 Å². The van der Waals surface area contributed by atoms with Crippen molar-refractivity contribution in [2.24, 2.45) is 5.92 Å². The van der Waals surface area contributed by atoms with Crippen molar-refractivity contribution >= 4 is 27.9 Å². The van der Waals surface area contributed by atoms with Crippen LogP contribution in [0, 0.1) is 5.92 Å². The van der Waals surface area contributed by atoms with Crippen LogP contribution in [-0.2, 0) is 19.6 Å². The Hall–Kier alpha value is -2.19. The van der Waals surface area contributed by atoms with Crippen LogP contribution in [0.1, 0.15) is 46.1 Å². The molecule has 8 heteroatoms. The van der Waals surface area contributed by atoms with Gasteiger partial charge in [-0.3, -0.25) is 9.59 Å². The summed E-state index contributed by atoms with van der Waals surface area (Å²) in [6.45, 7) is 11.0. The number of hydrogen-bond acceptors (Lipinski definition) is 4. The van der Waals surface area contributed by atoms with Crippen molar-refractivity contribution in [3.63, 3.8) is 0 Å². The lowest BCUT2D eigenvalue weighted by Gasteiger charge is -2.33. The highest BCUT2D eigenvalue weighted by atomic mass is 32.2. The number of hydrogen-bond donors (Lipinski definition) is 0. The maximum atomic E-state index is 12.6. The molecule has 7 nitrogen and oxygen atoms in total. The third-order valence-corrected chi connectivity index (χ3v) is 7.94. The van der Waals surface area contributed by atoms with Crippen molar-refractivity contribution in [3.8, 4) is 0 Å². The van der Waals surface area contributed by atoms with Gasteiger partial charge >= 0.3 is 0 Å². The van der Waals surface area contributed by atoms with Gasteiger partial charge < -0.3 is 9.80 Å². The van der Waals surface area contributed by atoms with Crippen LogP contribution in [0.15, 0.2) is 35.2 Å². The second-order valence-electron chi connectivity index (χ2n) is 7.60. The van der Waals surface area contributed by atoms with E-state index in [0.29, 0.717) is 52.1 Å². The minimum atomic E-state index is -3.49. The SMILES string of the molecule is CCN(CC)C(=O)C1CCN(C(=O)/C=C/c2ccc(S(=O)(=O)N(CC)CC)cc2)CC1. The van der Waals surface area contributed by atoms with Crippen molar-refractivity contribution in [2.45, 2.75) is 45.4 Å². The Balaban J connectivity index is 1.95. The molecule has 1 aromatic carbocycles. The average molecular weight is 450 g/mol. The summed E-state index contributed by atoms with van der Waals surface area (Å²) in [5.41, 5.74) is 0.762. The molecule has 0 aromatic heterocycles. The van der Waals surface area contributed by atoms with Crippen LogP contribution in [0.2, 0.25) is 0 Å². The maximum absolute atomic E-state index is 12.6. The number of likely N-dealkylation sites (tertiary alicyclic amines) is 1. The molecular formula is C23H35N3O4S. The summed E-state index contributed by atoms with van der Waals surface area (Å²) in [5.74, 6) is 0.0919. The summed E-state index contributed by atoms with van der Waals surface area (Å²) in [7, 11) is -3.49. The molecule has 0 atom stereocenters. The highest BCUT2D eigenvalue weighted by molar-refractivity contribution is 7.89. The molecule has 1 fully saturated rings. The van der Waals surface area contributed by atoms with Crippen LogP contribution in [-0.4, -0.2) is 73.6 Å². The van der Waals surface area contributed by atoms with E-state index in [2.05, 4.69) is 0 Å². The number of benzene rings is 1. The molecule has 0 radical (unpaired) electrons. The molecule has 0 bridgehead atoms. The quantitative estimate of drug-likeness (QED) is 0.543. The highest BCUT2D eigenvalue weighted by Crippen LogP contribution is 2.21. The maximum Gasteiger partial charge on any atom is 0.246 e. The molecule has 2 rings (SSSR count). The molecule has 31 heavy (non-hydrogen) atoms. The number of nitrogens with zero attached hydrogens (tertiary/aromatic N) is 3. The molecule has 0 saturated carbocycles. The highest BCUT2D eigenvalue weighted by Gasteiger charge is 2.28. The van der Waals surface area contributed by atoms with Crippen LogP contribution in [0.3, 0.4) is 0 Å². The van der Waals surface area contributed by atoms with E-state index in [9.17, 15) is 18.0 Å². The van der Waals surface area contributed by atoms with E-state index in [4.69, 9.17) is 0 Å². The number of piperidine rings is 1. The Kier molecular flexibility index (Phi) is 9.25. The van der Waals surface area contributed by atoms with Crippen LogP contribution >= 0.6 is 0 Å². The van der Waals surface area contributed by atoms with E-state index >= 15 is 0 Å². The van der Waals surface area contributed by atoms with Gasteiger partial charge in [0.1, 0.15) is 0 Å². The number of amides is 2. The standard InChI is InChI=1S/C23H35N3O4S/c1-5-24(6-2)23(28)20-15-17-25(18-16-20)22(27)14-11-19-9-12-21(13-10-19)31(29,30)26(7-3)8-4/h9-14,20H,5-8,15-18H2,1-4H3/b14-11+. The largest absolute Gasteiger partial charge is 0.343 e. The normalized spacial score (nSPS) is 15.6. The fraction of sp³-hybridized carbons (Fsp3) is 0.565. The van der Waals surface area contributed by atoms with E-state index in [-0.39, 0.29) is 22.6 Å². The van der Waals surface area contributed by atoms with E-state index < -0.39 is 10.0 Å². The van der Waals surface area contributed by atoms with Crippen molar-refractivity contribution in [1.29, 1.82) is 0 Å². The Labute approximate surface area is 186 Å². The molecule has 0 aliphatic carbocycles. The van der Waals surface area contributed by atoms with Gasteiger partial charge in [-0.15, -0.1) is 0 Å². The van der Waals surface area contributed by atoms with Gasteiger partial charge in [0, 0.05) is 51.3 Å². The molecule has 1 aliphatic heterocycles. The monoisotopic (exact) mass is 449 g/mol. The van der Waals surface area contributed by atoms with Crippen molar-refractivity contribution < 1.29 is 18.0 Å². The summed E-state index contributed by atoms with van der Waals surface area (Å²) in [6.07, 6.45) is 4.59. The van der Waals surface area contributed by atoms with Crippen LogP contribution in [0.5, 0.6) is 0 Å². The van der Waals surface area contributed by atoms with Gasteiger partial charge in [0.25, 0.3) is 0 Å². The fourth-order valence-corrected chi connectivity index (χ4v) is 5.33. The van der Waals surface area contributed by atoms with E-state index in [1.165, 1.54) is 10.4 Å². The van der Waals surface area contributed by atoms with Gasteiger partial charge in [-0.25, -0.2) is 8.42 Å². The number of carbonyl (C=O) groups excluding carboxylic acids is 2. The van der Waals surface area contributed by atoms with Gasteiger partial charge in [0.15, 0.2) is 0 Å². The Bertz CT molecular complexity index is 865. The lowest BCUT2D eigenvalue weighted by molar-refractivity contribution is -0.139. The Morgan fingerprint density at radius 2 is 1.52 bits per heavy atom. The molecule has 0 N–H and O–H groups in total. The molecule has 0 unspecified atom stereocenters. The van der Waals surface area contributed by atoms with Crippen molar-refractivity contribution in [2.75, 3.05) is 39.3 Å². The molecule has 1 saturated heterocycles. The zero-order valence-electron chi connectivity index (χ0n) is 19.1. The first-order valence-electron chi connectivity index (χ1n) is 11.1. The second-order valence-corrected chi connectivity index (χ2v) is 9.54. The summed E-state index contributed by atoms with van der Waals surface area (Å²) in [6, 6.07) is 6.55. The van der Waals surface area contributed by atoms with Gasteiger partial charge in [-0.2, -0.15) is 4.31 Å². The van der Waals surface area contributed by atoms with E-state index in [1.54, 1.807) is 35.2 Å². The van der Waals surface area contributed by atoms with Crippen LogP contribution in [0.25, 0.3) is 6.08 Å². The second kappa shape index (κ2) is 11.4. The predicted octanol–water partition coefficient (Wildman–Crippen LogP) is 2.84. The topological polar surface area (TPSA) is 78.0 Å². The summed E-state index contributed by atoms with van der Waals surface area (Å²) in [4.78, 5) is 28.9.